The maximum Gasteiger partial charge on any atom is 0.303 e. The molecule has 0 saturated carbocycles. The number of rotatable bonds is 12. The van der Waals surface area contributed by atoms with Crippen LogP contribution in [0.2, 0.25) is 0 Å². The summed E-state index contributed by atoms with van der Waals surface area (Å²) in [6, 6.07) is 9.83. The Hall–Kier alpha value is -7.68. The molecule has 1 aliphatic rings. The summed E-state index contributed by atoms with van der Waals surface area (Å²) in [6.45, 7) is 2.64. The van der Waals surface area contributed by atoms with Crippen molar-refractivity contribution in [1.29, 1.82) is 0 Å². The van der Waals surface area contributed by atoms with Crippen LogP contribution in [-0.4, -0.2) is 112 Å². The number of benzene rings is 1. The molecule has 1 aliphatic heterocycles. The molecule has 9 rings (SSSR count). The van der Waals surface area contributed by atoms with Crippen molar-refractivity contribution in [3.8, 4) is 43.4 Å². The Morgan fingerprint density at radius 2 is 1.53 bits per heavy atom. The van der Waals surface area contributed by atoms with Gasteiger partial charge in [-0.15, -0.1) is 56.7 Å². The van der Waals surface area contributed by atoms with Gasteiger partial charge in [0.25, 0.3) is 17.7 Å². The van der Waals surface area contributed by atoms with Crippen LogP contribution in [0.4, 0.5) is 10.9 Å². The van der Waals surface area contributed by atoms with Gasteiger partial charge in [-0.2, -0.15) is 0 Å². The lowest BCUT2D eigenvalue weighted by Gasteiger charge is -2.24. The largest absolute Gasteiger partial charge is 0.481 e. The van der Waals surface area contributed by atoms with Crippen molar-refractivity contribution >= 4 is 120 Å². The molecule has 0 aliphatic carbocycles. The van der Waals surface area contributed by atoms with E-state index in [0.29, 0.717) is 63.7 Å². The lowest BCUT2D eigenvalue weighted by molar-refractivity contribution is -0.137. The standard InChI is InChI=1S/C49H46N14O10S6/c1-21(10-13-34(66)67)40(69)57-31-20-77-44(58-31)25-12-11-24-36(53-25)26-17-75-45(54-26)27-18-76-47(55-27)38(39(68)23-8-6-5-7-9-23)59-33(65)15-52-41(70)37-30(16-73-4)79-49(61-37)62-42(71)35-22(2)78-46(60-35)29(14-32(64)51-3)63(50)48(72)28-19-74-43(24)56-28/h5-9,11-12,17-21,29,38-39,68H,10,13-16,50H2,1-4H3,(H,51,64)(H,52,70)(H,57,69)(H,59,65)(H,66,67)(H,61,62,71)/t21-,29+,38+,39+/m1/s1. The Bertz CT molecular complexity index is 3610. The summed E-state index contributed by atoms with van der Waals surface area (Å²) >= 11 is 6.72. The molecule has 8 heterocycles. The van der Waals surface area contributed by atoms with Crippen molar-refractivity contribution in [3.63, 3.8) is 0 Å². The minimum Gasteiger partial charge on any atom is -0.481 e. The van der Waals surface area contributed by atoms with Gasteiger partial charge >= 0.3 is 5.97 Å². The number of ether oxygens (including phenoxy) is 1. The average molecular weight is 1180 g/mol. The monoisotopic (exact) mass is 1180 g/mol. The summed E-state index contributed by atoms with van der Waals surface area (Å²) in [7, 11) is 2.84. The number of hydrogen-bond acceptors (Lipinski definition) is 23. The summed E-state index contributed by atoms with van der Waals surface area (Å²) in [4.78, 5) is 127. The van der Waals surface area contributed by atoms with E-state index in [4.69, 9.17) is 35.6 Å². The Kier molecular flexibility index (Phi) is 17.4. The van der Waals surface area contributed by atoms with Gasteiger partial charge in [0, 0.05) is 58.5 Å². The lowest BCUT2D eigenvalue weighted by Crippen LogP contribution is -2.42. The molecule has 0 unspecified atom stereocenters. The molecule has 0 saturated heterocycles. The van der Waals surface area contributed by atoms with Crippen LogP contribution in [0.1, 0.15) is 101 Å². The van der Waals surface area contributed by atoms with Crippen molar-refractivity contribution in [1.82, 2.24) is 55.8 Å². The number of carbonyl (C=O) groups is 7. The topological polar surface area (TPSA) is 349 Å². The predicted molar refractivity (Wildman–Crippen MR) is 297 cm³/mol. The van der Waals surface area contributed by atoms with Gasteiger partial charge in [-0.05, 0) is 31.0 Å². The molecule has 408 valence electrons. The summed E-state index contributed by atoms with van der Waals surface area (Å²) in [5.74, 6) is 1.46. The highest BCUT2D eigenvalue weighted by Gasteiger charge is 2.34. The van der Waals surface area contributed by atoms with Gasteiger partial charge in [0.15, 0.2) is 5.13 Å². The highest BCUT2D eigenvalue weighted by molar-refractivity contribution is 7.16. The Balaban J connectivity index is 1.12. The fraction of sp³-hybridized carbons (Fsp3) is 0.265. The maximum atomic E-state index is 14.4. The van der Waals surface area contributed by atoms with Crippen LogP contribution in [0, 0.1) is 12.8 Å². The number of methoxy groups -OCH3 is 1. The van der Waals surface area contributed by atoms with E-state index in [1.807, 2.05) is 0 Å². The summed E-state index contributed by atoms with van der Waals surface area (Å²) in [6.07, 6.45) is -1.66. The number of aromatic nitrogens is 7. The van der Waals surface area contributed by atoms with Crippen LogP contribution in [0.25, 0.3) is 43.4 Å². The molecule has 1 aromatic carbocycles. The van der Waals surface area contributed by atoms with Crippen molar-refractivity contribution in [3.05, 3.63) is 106 Å². The van der Waals surface area contributed by atoms with Crippen molar-refractivity contribution in [2.24, 2.45) is 11.8 Å². The molecule has 10 bridgehead atoms. The number of carboxylic acids is 1. The molecule has 30 heteroatoms. The van der Waals surface area contributed by atoms with Crippen molar-refractivity contribution in [2.75, 3.05) is 31.3 Å². The second-order valence-electron chi connectivity index (χ2n) is 17.4. The van der Waals surface area contributed by atoms with E-state index < -0.39 is 72.1 Å². The quantitative estimate of drug-likeness (QED) is 0.0480. The van der Waals surface area contributed by atoms with Gasteiger partial charge in [-0.25, -0.2) is 40.7 Å². The third-order valence-corrected chi connectivity index (χ3v) is 17.5. The number of aryl methyl sites for hydroxylation is 1. The van der Waals surface area contributed by atoms with Crippen molar-refractivity contribution in [2.45, 2.75) is 57.9 Å². The molecule has 0 fully saturated rings. The number of nitrogens with one attached hydrogen (secondary N) is 5. The highest BCUT2D eigenvalue weighted by atomic mass is 32.1. The van der Waals surface area contributed by atoms with Crippen molar-refractivity contribution < 1.29 is 48.5 Å². The predicted octanol–water partition coefficient (Wildman–Crippen LogP) is 6.46. The number of carbonyl (C=O) groups excluding carboxylic acids is 6. The Morgan fingerprint density at radius 1 is 0.810 bits per heavy atom. The van der Waals surface area contributed by atoms with Gasteiger partial charge in [0.2, 0.25) is 17.7 Å². The third-order valence-electron chi connectivity index (χ3n) is 11.9. The number of aliphatic hydroxyl groups is 1. The fourth-order valence-corrected chi connectivity index (χ4v) is 13.0. The van der Waals surface area contributed by atoms with Crippen LogP contribution in [0.15, 0.2) is 64.0 Å². The second kappa shape index (κ2) is 24.6. The lowest BCUT2D eigenvalue weighted by atomic mass is 10.0. The number of nitrogens with two attached hydrogens (primary N) is 1. The number of aliphatic carboxylic acids is 1. The molecule has 8 aromatic rings. The fourth-order valence-electron chi connectivity index (χ4n) is 7.82. The molecular formula is C49H46N14O10S6. The van der Waals surface area contributed by atoms with Gasteiger partial charge in [0.05, 0.1) is 30.1 Å². The van der Waals surface area contributed by atoms with E-state index in [9.17, 15) is 38.7 Å². The molecule has 4 atom stereocenters. The third kappa shape index (κ3) is 12.8. The first-order valence-corrected chi connectivity index (χ1v) is 28.9. The first-order valence-electron chi connectivity index (χ1n) is 23.7. The minimum absolute atomic E-state index is 0.0110. The van der Waals surface area contributed by atoms with E-state index in [1.165, 1.54) is 42.2 Å². The zero-order valence-electron chi connectivity index (χ0n) is 42.0. The number of carboxylic acid groups (broad SMARTS) is 1. The van der Waals surface area contributed by atoms with Crippen LogP contribution < -0.4 is 32.4 Å². The average Bonchev–Trinajstić information content (AvgIpc) is 4.41. The first-order chi connectivity index (χ1) is 38.0. The molecule has 79 heavy (non-hydrogen) atoms. The number of hydrazine groups is 1. The number of thiazole rings is 6. The van der Waals surface area contributed by atoms with Crippen LogP contribution in [-0.2, 0) is 30.5 Å². The number of pyridine rings is 1. The summed E-state index contributed by atoms with van der Waals surface area (Å²) in [5, 5.41) is 43.5. The highest BCUT2D eigenvalue weighted by Crippen LogP contribution is 2.40. The van der Waals surface area contributed by atoms with Gasteiger partial charge in [0.1, 0.15) is 83.2 Å². The molecule has 7 aromatic heterocycles. The number of aliphatic hydroxyl groups excluding tert-OH is 1. The van der Waals surface area contributed by atoms with E-state index in [2.05, 4.69) is 41.5 Å². The Morgan fingerprint density at radius 3 is 2.29 bits per heavy atom. The van der Waals surface area contributed by atoms with Gasteiger partial charge in [-0.1, -0.05) is 48.6 Å². The van der Waals surface area contributed by atoms with E-state index in [-0.39, 0.29) is 58.9 Å². The molecule has 0 radical (unpaired) electrons. The van der Waals surface area contributed by atoms with Gasteiger partial charge < -0.3 is 36.2 Å². The van der Waals surface area contributed by atoms with E-state index in [0.717, 1.165) is 50.4 Å². The van der Waals surface area contributed by atoms with E-state index in [1.54, 1.807) is 72.5 Å². The van der Waals surface area contributed by atoms with Crippen LogP contribution in [0.5, 0.6) is 0 Å². The van der Waals surface area contributed by atoms with Crippen LogP contribution in [0.3, 0.4) is 0 Å². The molecule has 24 nitrogen and oxygen atoms in total. The molecule has 6 amide bonds. The van der Waals surface area contributed by atoms with Crippen LogP contribution >= 0.6 is 68.0 Å². The number of fused-ring (bicyclic) bond motifs is 14. The molecular weight excluding hydrogens is 1140 g/mol. The minimum atomic E-state index is -1.29. The smallest absolute Gasteiger partial charge is 0.303 e. The number of nitrogens with zero attached hydrogens (tertiary/aromatic N) is 8. The second-order valence-corrected chi connectivity index (χ2v) is 23.2. The SMILES string of the molecule is CNC(=O)C[C@H]1c2nc(c(C)s2)C(=O)Nc2nc(c(COC)s2)C(=O)NCC(=O)N[C@@H]([C@@H](O)c2ccccc2)c2nc(cs2)-c2nc(cs2)-c2nc(-c3nc(NC(=O)[C@H](C)CCC(=O)O)cs3)ccc2-c2nc(cs2)C(=O)N1N. The number of hydrogen-bond donors (Lipinski definition) is 8. The maximum absolute atomic E-state index is 14.4. The molecule has 0 spiro atoms. The zero-order valence-corrected chi connectivity index (χ0v) is 46.9. The Labute approximate surface area is 472 Å². The zero-order chi connectivity index (χ0) is 56.1. The van der Waals surface area contributed by atoms with E-state index >= 15 is 0 Å². The molecule has 9 N–H and O–H groups in total. The normalized spacial score (nSPS) is 15.9. The van der Waals surface area contributed by atoms with Gasteiger partial charge in [-0.3, -0.25) is 43.9 Å². The summed E-state index contributed by atoms with van der Waals surface area (Å²) in [5.41, 5.74) is 2.16. The summed E-state index contributed by atoms with van der Waals surface area (Å²) < 4.78 is 5.33. The first kappa shape index (κ1) is 56.1. The number of amides is 6. The number of anilines is 2.